The zero-order valence-corrected chi connectivity index (χ0v) is 9.67. The number of thioether (sulfide) groups is 1. The SMILES string of the molecule is C=CCSCCNc1cc(C(=O)O)ccn1. The molecular formula is C11H14N2O2S. The van der Waals surface area contributed by atoms with Crippen LogP contribution in [-0.2, 0) is 0 Å². The third-order valence-electron chi connectivity index (χ3n) is 1.80. The number of pyridine rings is 1. The zero-order valence-electron chi connectivity index (χ0n) is 8.85. The van der Waals surface area contributed by atoms with Crippen LogP contribution in [0.15, 0.2) is 31.0 Å². The predicted molar refractivity (Wildman–Crippen MR) is 67.2 cm³/mol. The number of nitrogens with zero attached hydrogens (tertiary/aromatic N) is 1. The maximum Gasteiger partial charge on any atom is 0.335 e. The number of hydrogen-bond donors (Lipinski definition) is 2. The highest BCUT2D eigenvalue weighted by Gasteiger charge is 2.03. The van der Waals surface area contributed by atoms with E-state index < -0.39 is 5.97 Å². The molecule has 0 bridgehead atoms. The molecule has 1 heterocycles. The molecule has 86 valence electrons. The van der Waals surface area contributed by atoms with Crippen molar-refractivity contribution in [1.82, 2.24) is 4.98 Å². The topological polar surface area (TPSA) is 62.2 Å². The van der Waals surface area contributed by atoms with Crippen LogP contribution in [-0.4, -0.2) is 34.1 Å². The van der Waals surface area contributed by atoms with Crippen molar-refractivity contribution in [2.45, 2.75) is 0 Å². The molecule has 4 nitrogen and oxygen atoms in total. The smallest absolute Gasteiger partial charge is 0.335 e. The molecule has 0 aliphatic carbocycles. The maximum atomic E-state index is 10.7. The number of carboxylic acid groups (broad SMARTS) is 1. The zero-order chi connectivity index (χ0) is 11.8. The van der Waals surface area contributed by atoms with Crippen molar-refractivity contribution >= 4 is 23.5 Å². The second-order valence-corrected chi connectivity index (χ2v) is 4.18. The summed E-state index contributed by atoms with van der Waals surface area (Å²) in [6, 6.07) is 3.00. The fraction of sp³-hybridized carbons (Fsp3) is 0.273. The average Bonchev–Trinajstić information content (AvgIpc) is 2.29. The van der Waals surface area contributed by atoms with Gasteiger partial charge in [-0.3, -0.25) is 0 Å². The molecule has 0 saturated heterocycles. The van der Waals surface area contributed by atoms with Gasteiger partial charge in [-0.25, -0.2) is 9.78 Å². The molecule has 0 atom stereocenters. The largest absolute Gasteiger partial charge is 0.478 e. The molecule has 1 rings (SSSR count). The first kappa shape index (κ1) is 12.6. The van der Waals surface area contributed by atoms with E-state index in [1.807, 2.05) is 6.08 Å². The van der Waals surface area contributed by atoms with Gasteiger partial charge in [0.2, 0.25) is 0 Å². The van der Waals surface area contributed by atoms with Gasteiger partial charge in [-0.05, 0) is 12.1 Å². The van der Waals surface area contributed by atoms with E-state index in [0.717, 1.165) is 18.1 Å². The Labute approximate surface area is 98.8 Å². The van der Waals surface area contributed by atoms with Crippen molar-refractivity contribution in [3.05, 3.63) is 36.5 Å². The fourth-order valence-corrected chi connectivity index (χ4v) is 1.66. The average molecular weight is 238 g/mol. The van der Waals surface area contributed by atoms with Crippen LogP contribution >= 0.6 is 11.8 Å². The van der Waals surface area contributed by atoms with Crippen molar-refractivity contribution in [2.75, 3.05) is 23.4 Å². The van der Waals surface area contributed by atoms with Crippen LogP contribution in [0, 0.1) is 0 Å². The Kier molecular flexibility index (Phi) is 5.42. The second kappa shape index (κ2) is 6.90. The fourth-order valence-electron chi connectivity index (χ4n) is 1.08. The lowest BCUT2D eigenvalue weighted by Gasteiger charge is -2.05. The van der Waals surface area contributed by atoms with Gasteiger partial charge in [-0.2, -0.15) is 11.8 Å². The van der Waals surface area contributed by atoms with Gasteiger partial charge in [-0.1, -0.05) is 6.08 Å². The standard InChI is InChI=1S/C11H14N2O2S/c1-2-6-16-7-5-13-10-8-9(11(14)15)3-4-12-10/h2-4,8H,1,5-7H2,(H,12,13)(H,14,15). The third-order valence-corrected chi connectivity index (χ3v) is 2.76. The van der Waals surface area contributed by atoms with Crippen LogP contribution in [0.25, 0.3) is 0 Å². The molecular weight excluding hydrogens is 224 g/mol. The van der Waals surface area contributed by atoms with Gasteiger partial charge in [0.1, 0.15) is 5.82 Å². The Morgan fingerprint density at radius 1 is 1.69 bits per heavy atom. The molecule has 2 N–H and O–H groups in total. The predicted octanol–water partition coefficient (Wildman–Crippen LogP) is 2.11. The Bertz CT molecular complexity index is 369. The Hall–Kier alpha value is -1.49. The summed E-state index contributed by atoms with van der Waals surface area (Å²) < 4.78 is 0. The number of nitrogens with one attached hydrogen (secondary N) is 1. The Morgan fingerprint density at radius 3 is 3.19 bits per heavy atom. The number of carbonyl (C=O) groups is 1. The quantitative estimate of drug-likeness (QED) is 0.562. The van der Waals surface area contributed by atoms with E-state index in [9.17, 15) is 4.79 Å². The molecule has 0 aromatic carbocycles. The molecule has 0 aliphatic heterocycles. The normalized spacial score (nSPS) is 9.75. The monoisotopic (exact) mass is 238 g/mol. The summed E-state index contributed by atoms with van der Waals surface area (Å²) in [5.74, 6) is 1.51. The summed E-state index contributed by atoms with van der Waals surface area (Å²) >= 11 is 1.76. The van der Waals surface area contributed by atoms with Gasteiger partial charge in [0.15, 0.2) is 0 Å². The molecule has 16 heavy (non-hydrogen) atoms. The number of anilines is 1. The van der Waals surface area contributed by atoms with Crippen LogP contribution in [0.4, 0.5) is 5.82 Å². The summed E-state index contributed by atoms with van der Waals surface area (Å²) in [4.78, 5) is 14.7. The van der Waals surface area contributed by atoms with Gasteiger partial charge in [-0.15, -0.1) is 6.58 Å². The Morgan fingerprint density at radius 2 is 2.50 bits per heavy atom. The van der Waals surface area contributed by atoms with E-state index in [2.05, 4.69) is 16.9 Å². The van der Waals surface area contributed by atoms with Crippen LogP contribution in [0.3, 0.4) is 0 Å². The van der Waals surface area contributed by atoms with Crippen molar-refractivity contribution < 1.29 is 9.90 Å². The molecule has 0 aliphatic rings. The first-order valence-corrected chi connectivity index (χ1v) is 6.01. The van der Waals surface area contributed by atoms with Crippen LogP contribution in [0.1, 0.15) is 10.4 Å². The molecule has 1 aromatic heterocycles. The molecule has 0 spiro atoms. The maximum absolute atomic E-state index is 10.7. The van der Waals surface area contributed by atoms with E-state index in [1.54, 1.807) is 11.8 Å². The number of hydrogen-bond acceptors (Lipinski definition) is 4. The van der Waals surface area contributed by atoms with E-state index in [1.165, 1.54) is 18.3 Å². The number of rotatable bonds is 7. The van der Waals surface area contributed by atoms with Gasteiger partial charge in [0, 0.05) is 24.2 Å². The second-order valence-electron chi connectivity index (χ2n) is 3.03. The van der Waals surface area contributed by atoms with Crippen LogP contribution < -0.4 is 5.32 Å². The minimum atomic E-state index is -0.938. The van der Waals surface area contributed by atoms with E-state index in [4.69, 9.17) is 5.11 Å². The van der Waals surface area contributed by atoms with Crippen LogP contribution in [0.2, 0.25) is 0 Å². The first-order valence-electron chi connectivity index (χ1n) is 4.86. The highest BCUT2D eigenvalue weighted by molar-refractivity contribution is 7.99. The third kappa shape index (κ3) is 4.35. The summed E-state index contributed by atoms with van der Waals surface area (Å²) in [7, 11) is 0. The lowest BCUT2D eigenvalue weighted by molar-refractivity contribution is 0.0697. The van der Waals surface area contributed by atoms with Crippen molar-refractivity contribution in [3.8, 4) is 0 Å². The molecule has 0 unspecified atom stereocenters. The molecule has 0 saturated carbocycles. The number of aromatic nitrogens is 1. The minimum absolute atomic E-state index is 0.247. The Balaban J connectivity index is 2.39. The lowest BCUT2D eigenvalue weighted by atomic mass is 10.2. The molecule has 0 amide bonds. The highest BCUT2D eigenvalue weighted by atomic mass is 32.2. The van der Waals surface area contributed by atoms with E-state index in [0.29, 0.717) is 5.82 Å². The van der Waals surface area contributed by atoms with Gasteiger partial charge in [0.05, 0.1) is 5.56 Å². The van der Waals surface area contributed by atoms with Crippen molar-refractivity contribution in [3.63, 3.8) is 0 Å². The number of aromatic carboxylic acids is 1. The highest BCUT2D eigenvalue weighted by Crippen LogP contribution is 2.07. The van der Waals surface area contributed by atoms with E-state index >= 15 is 0 Å². The number of carboxylic acids is 1. The summed E-state index contributed by atoms with van der Waals surface area (Å²) in [5, 5.41) is 11.8. The summed E-state index contributed by atoms with van der Waals surface area (Å²) in [6.45, 7) is 4.39. The molecule has 0 fully saturated rings. The first-order chi connectivity index (χ1) is 7.74. The van der Waals surface area contributed by atoms with Crippen molar-refractivity contribution in [1.29, 1.82) is 0 Å². The molecule has 5 heteroatoms. The minimum Gasteiger partial charge on any atom is -0.478 e. The van der Waals surface area contributed by atoms with Crippen LogP contribution in [0.5, 0.6) is 0 Å². The van der Waals surface area contributed by atoms with Gasteiger partial charge < -0.3 is 10.4 Å². The van der Waals surface area contributed by atoms with E-state index in [-0.39, 0.29) is 5.56 Å². The van der Waals surface area contributed by atoms with Gasteiger partial charge >= 0.3 is 5.97 Å². The molecule has 0 radical (unpaired) electrons. The van der Waals surface area contributed by atoms with Gasteiger partial charge in [0.25, 0.3) is 0 Å². The summed E-state index contributed by atoms with van der Waals surface area (Å²) in [5.41, 5.74) is 0.247. The van der Waals surface area contributed by atoms with Crippen molar-refractivity contribution in [2.24, 2.45) is 0 Å². The lowest BCUT2D eigenvalue weighted by Crippen LogP contribution is -2.07. The molecule has 1 aromatic rings. The summed E-state index contributed by atoms with van der Waals surface area (Å²) in [6.07, 6.45) is 3.34.